The lowest BCUT2D eigenvalue weighted by Gasteiger charge is -2.29. The summed E-state index contributed by atoms with van der Waals surface area (Å²) in [6, 6.07) is 0. The zero-order valence-electron chi connectivity index (χ0n) is 10.1. The van der Waals surface area contributed by atoms with Gasteiger partial charge in [0.25, 0.3) is 0 Å². The highest BCUT2D eigenvalue weighted by molar-refractivity contribution is 4.67. The Labute approximate surface area is 88.8 Å². The predicted octanol–water partition coefficient (Wildman–Crippen LogP) is 2.43. The highest BCUT2D eigenvalue weighted by atomic mass is 16.6. The van der Waals surface area contributed by atoms with Crippen molar-refractivity contribution >= 4 is 0 Å². The largest absolute Gasteiger partial charge is 0.367 e. The first-order valence-electron chi connectivity index (χ1n) is 6.07. The third kappa shape index (κ3) is 5.61. The van der Waals surface area contributed by atoms with Crippen LogP contribution in [0.25, 0.3) is 0 Å². The highest BCUT2D eigenvalue weighted by Crippen LogP contribution is 2.15. The minimum atomic E-state index is 0.570. The van der Waals surface area contributed by atoms with Gasteiger partial charge < -0.3 is 9.22 Å². The monoisotopic (exact) mass is 200 g/mol. The second-order valence-corrected chi connectivity index (χ2v) is 5.21. The standard InChI is InChI=1S/C12H26NO/c1-4-5-6-7-8-9-13(2,3)10-12-11-14-12/h12H,4-11H2,1-3H3/q+1. The molecule has 0 spiro atoms. The molecule has 1 fully saturated rings. The molecule has 14 heavy (non-hydrogen) atoms. The Kier molecular flexibility index (Phi) is 4.90. The van der Waals surface area contributed by atoms with Crippen molar-refractivity contribution in [2.24, 2.45) is 0 Å². The maximum atomic E-state index is 5.27. The molecule has 0 aromatic rings. The molecule has 0 saturated carbocycles. The van der Waals surface area contributed by atoms with E-state index in [0.717, 1.165) is 11.1 Å². The summed E-state index contributed by atoms with van der Waals surface area (Å²) < 4.78 is 6.41. The van der Waals surface area contributed by atoms with Crippen LogP contribution in [0.15, 0.2) is 0 Å². The van der Waals surface area contributed by atoms with Crippen molar-refractivity contribution in [2.75, 3.05) is 33.8 Å². The van der Waals surface area contributed by atoms with Gasteiger partial charge in [0.2, 0.25) is 0 Å². The Morgan fingerprint density at radius 2 is 1.79 bits per heavy atom. The molecular weight excluding hydrogens is 174 g/mol. The lowest BCUT2D eigenvalue weighted by molar-refractivity contribution is -0.891. The molecule has 0 aliphatic carbocycles. The van der Waals surface area contributed by atoms with Gasteiger partial charge in [-0.25, -0.2) is 0 Å². The number of rotatable bonds is 8. The second kappa shape index (κ2) is 5.72. The summed E-state index contributed by atoms with van der Waals surface area (Å²) in [5, 5.41) is 0. The van der Waals surface area contributed by atoms with Gasteiger partial charge in [0.15, 0.2) is 0 Å². The molecule has 1 aliphatic heterocycles. The van der Waals surface area contributed by atoms with Crippen LogP contribution in [-0.2, 0) is 4.74 Å². The van der Waals surface area contributed by atoms with Crippen molar-refractivity contribution in [3.05, 3.63) is 0 Å². The Morgan fingerprint density at radius 3 is 2.36 bits per heavy atom. The van der Waals surface area contributed by atoms with Gasteiger partial charge in [0, 0.05) is 0 Å². The van der Waals surface area contributed by atoms with Crippen molar-refractivity contribution in [3.63, 3.8) is 0 Å². The molecule has 0 N–H and O–H groups in total. The summed E-state index contributed by atoms with van der Waals surface area (Å²) >= 11 is 0. The Morgan fingerprint density at radius 1 is 1.14 bits per heavy atom. The van der Waals surface area contributed by atoms with Gasteiger partial charge >= 0.3 is 0 Å². The lowest BCUT2D eigenvalue weighted by Crippen LogP contribution is -2.43. The van der Waals surface area contributed by atoms with Gasteiger partial charge in [0.05, 0.1) is 27.2 Å². The van der Waals surface area contributed by atoms with Gasteiger partial charge in [-0.05, 0) is 12.8 Å². The summed E-state index contributed by atoms with van der Waals surface area (Å²) in [6.45, 7) is 5.78. The van der Waals surface area contributed by atoms with Crippen molar-refractivity contribution < 1.29 is 9.22 Å². The van der Waals surface area contributed by atoms with Crippen LogP contribution >= 0.6 is 0 Å². The molecule has 0 aromatic carbocycles. The van der Waals surface area contributed by atoms with Crippen LogP contribution in [0.1, 0.15) is 39.0 Å². The van der Waals surface area contributed by atoms with Crippen LogP contribution in [0.5, 0.6) is 0 Å². The third-order valence-electron chi connectivity index (χ3n) is 2.97. The van der Waals surface area contributed by atoms with E-state index in [9.17, 15) is 0 Å². The molecule has 2 heteroatoms. The zero-order valence-corrected chi connectivity index (χ0v) is 10.1. The Hall–Kier alpha value is -0.0800. The quantitative estimate of drug-likeness (QED) is 0.333. The normalized spacial score (nSPS) is 21.2. The van der Waals surface area contributed by atoms with Crippen LogP contribution in [-0.4, -0.2) is 44.4 Å². The van der Waals surface area contributed by atoms with Crippen molar-refractivity contribution in [3.8, 4) is 0 Å². The summed E-state index contributed by atoms with van der Waals surface area (Å²) in [4.78, 5) is 0. The van der Waals surface area contributed by atoms with Gasteiger partial charge in [-0.3, -0.25) is 0 Å². The second-order valence-electron chi connectivity index (χ2n) is 5.21. The van der Waals surface area contributed by atoms with Crippen LogP contribution in [0.2, 0.25) is 0 Å². The fourth-order valence-corrected chi connectivity index (χ4v) is 1.96. The SMILES string of the molecule is CCCCCCC[N+](C)(C)CC1CO1. The first-order valence-corrected chi connectivity index (χ1v) is 6.07. The van der Waals surface area contributed by atoms with Crippen molar-refractivity contribution in [1.82, 2.24) is 0 Å². The molecule has 0 bridgehead atoms. The van der Waals surface area contributed by atoms with Gasteiger partial charge in [-0.1, -0.05) is 26.2 Å². The maximum absolute atomic E-state index is 5.27. The van der Waals surface area contributed by atoms with E-state index in [0.29, 0.717) is 6.10 Å². The van der Waals surface area contributed by atoms with E-state index in [1.807, 2.05) is 0 Å². The minimum Gasteiger partial charge on any atom is -0.367 e. The molecule has 84 valence electrons. The maximum Gasteiger partial charge on any atom is 0.130 e. The fourth-order valence-electron chi connectivity index (χ4n) is 1.96. The summed E-state index contributed by atoms with van der Waals surface area (Å²) in [5.74, 6) is 0. The van der Waals surface area contributed by atoms with E-state index >= 15 is 0 Å². The van der Waals surface area contributed by atoms with Crippen LogP contribution in [0.4, 0.5) is 0 Å². The molecule has 1 rings (SSSR count). The van der Waals surface area contributed by atoms with E-state index in [-0.39, 0.29) is 0 Å². The Bertz CT molecular complexity index is 152. The smallest absolute Gasteiger partial charge is 0.130 e. The number of epoxide rings is 1. The van der Waals surface area contributed by atoms with Gasteiger partial charge in [0.1, 0.15) is 12.6 Å². The molecule has 0 radical (unpaired) electrons. The zero-order chi connectivity index (χ0) is 10.4. The van der Waals surface area contributed by atoms with E-state index < -0.39 is 0 Å². The molecule has 1 atom stereocenters. The average Bonchev–Trinajstić information content (AvgIpc) is 2.87. The average molecular weight is 200 g/mol. The van der Waals surface area contributed by atoms with Gasteiger partial charge in [-0.15, -0.1) is 0 Å². The third-order valence-corrected chi connectivity index (χ3v) is 2.97. The number of hydrogen-bond acceptors (Lipinski definition) is 1. The minimum absolute atomic E-state index is 0.570. The molecule has 2 nitrogen and oxygen atoms in total. The number of quaternary nitrogens is 1. The number of hydrogen-bond donors (Lipinski definition) is 0. The molecule has 0 aromatic heterocycles. The number of likely N-dealkylation sites (N-methyl/N-ethyl adjacent to an activating group) is 1. The first kappa shape index (κ1) is 12.0. The molecule has 0 amide bonds. The summed E-state index contributed by atoms with van der Waals surface area (Å²) in [6.07, 6.45) is 7.51. The fraction of sp³-hybridized carbons (Fsp3) is 1.00. The lowest BCUT2D eigenvalue weighted by atomic mass is 10.1. The predicted molar refractivity (Wildman–Crippen MR) is 60.3 cm³/mol. The van der Waals surface area contributed by atoms with Crippen LogP contribution in [0.3, 0.4) is 0 Å². The van der Waals surface area contributed by atoms with E-state index in [1.54, 1.807) is 0 Å². The van der Waals surface area contributed by atoms with Crippen molar-refractivity contribution in [2.45, 2.75) is 45.1 Å². The van der Waals surface area contributed by atoms with Gasteiger partial charge in [-0.2, -0.15) is 0 Å². The number of unbranched alkanes of at least 4 members (excludes halogenated alkanes) is 4. The molecule has 1 saturated heterocycles. The molecule has 1 heterocycles. The first-order chi connectivity index (χ1) is 6.64. The highest BCUT2D eigenvalue weighted by Gasteiger charge is 2.30. The Balaban J connectivity index is 1.97. The molecular formula is C12H26NO+. The number of ether oxygens (including phenoxy) is 1. The molecule has 1 unspecified atom stereocenters. The van der Waals surface area contributed by atoms with E-state index in [2.05, 4.69) is 21.0 Å². The van der Waals surface area contributed by atoms with E-state index in [1.165, 1.54) is 45.2 Å². The topological polar surface area (TPSA) is 12.5 Å². The van der Waals surface area contributed by atoms with Crippen LogP contribution < -0.4 is 0 Å². The van der Waals surface area contributed by atoms with E-state index in [4.69, 9.17) is 4.74 Å². The summed E-state index contributed by atoms with van der Waals surface area (Å²) in [7, 11) is 4.64. The number of nitrogens with zero attached hydrogens (tertiary/aromatic N) is 1. The molecule has 1 aliphatic rings. The summed E-state index contributed by atoms with van der Waals surface area (Å²) in [5.41, 5.74) is 0. The van der Waals surface area contributed by atoms with Crippen LogP contribution in [0, 0.1) is 0 Å². The van der Waals surface area contributed by atoms with Crippen molar-refractivity contribution in [1.29, 1.82) is 0 Å².